The van der Waals surface area contributed by atoms with Gasteiger partial charge in [-0.3, -0.25) is 14.7 Å². The Morgan fingerprint density at radius 1 is 1.03 bits per heavy atom. The van der Waals surface area contributed by atoms with E-state index < -0.39 is 15.8 Å². The summed E-state index contributed by atoms with van der Waals surface area (Å²) in [6.45, 7) is 0.131. The fourth-order valence-electron chi connectivity index (χ4n) is 4.63. The SMILES string of the molecule is CN(C1CCCCC1)S(=O)(=O)c1ccc(C(=O)N(Cc2ccccn2)c2nc3c(F)cccc3s2)cc1. The van der Waals surface area contributed by atoms with Gasteiger partial charge in [0.05, 0.1) is 21.8 Å². The molecular weight excluding hydrogens is 511 g/mol. The fourth-order valence-corrected chi connectivity index (χ4v) is 7.02. The Bertz CT molecular complexity index is 1500. The Kier molecular flexibility index (Phi) is 7.32. The summed E-state index contributed by atoms with van der Waals surface area (Å²) in [4.78, 5) is 24.0. The molecule has 1 aliphatic rings. The first kappa shape index (κ1) is 25.4. The number of para-hydroxylation sites is 1. The molecule has 2 aromatic heterocycles. The Morgan fingerprint density at radius 3 is 2.46 bits per heavy atom. The maximum atomic E-state index is 14.3. The third kappa shape index (κ3) is 5.27. The number of sulfonamides is 1. The molecule has 10 heteroatoms. The van der Waals surface area contributed by atoms with E-state index in [4.69, 9.17) is 0 Å². The van der Waals surface area contributed by atoms with Gasteiger partial charge in [-0.1, -0.05) is 42.7 Å². The fraction of sp³-hybridized carbons (Fsp3) is 0.296. The monoisotopic (exact) mass is 538 g/mol. The zero-order chi connectivity index (χ0) is 26.0. The second-order valence-electron chi connectivity index (χ2n) is 9.13. The number of carbonyl (C=O) groups is 1. The number of fused-ring (bicyclic) bond motifs is 1. The largest absolute Gasteiger partial charge is 0.278 e. The van der Waals surface area contributed by atoms with Crippen molar-refractivity contribution < 1.29 is 17.6 Å². The number of nitrogens with zero attached hydrogens (tertiary/aromatic N) is 4. The topological polar surface area (TPSA) is 83.5 Å². The van der Waals surface area contributed by atoms with Crippen LogP contribution >= 0.6 is 11.3 Å². The number of hydrogen-bond donors (Lipinski definition) is 0. The van der Waals surface area contributed by atoms with Crippen molar-refractivity contribution >= 4 is 42.6 Å². The first-order valence-electron chi connectivity index (χ1n) is 12.2. The third-order valence-corrected chi connectivity index (χ3v) is 9.72. The lowest BCUT2D eigenvalue weighted by Gasteiger charge is -2.30. The van der Waals surface area contributed by atoms with E-state index in [0.29, 0.717) is 21.1 Å². The van der Waals surface area contributed by atoms with E-state index in [1.54, 1.807) is 37.5 Å². The number of halogens is 1. The highest BCUT2D eigenvalue weighted by Gasteiger charge is 2.30. The molecule has 4 aromatic rings. The third-order valence-electron chi connectivity index (χ3n) is 6.75. The van der Waals surface area contributed by atoms with E-state index in [-0.39, 0.29) is 28.9 Å². The van der Waals surface area contributed by atoms with Gasteiger partial charge in [0, 0.05) is 24.8 Å². The number of hydrogen-bond acceptors (Lipinski definition) is 6. The molecule has 0 radical (unpaired) electrons. The molecule has 1 fully saturated rings. The summed E-state index contributed by atoms with van der Waals surface area (Å²) in [5.41, 5.74) is 1.15. The lowest BCUT2D eigenvalue weighted by atomic mass is 9.96. The van der Waals surface area contributed by atoms with Gasteiger partial charge in [-0.15, -0.1) is 0 Å². The number of amides is 1. The van der Waals surface area contributed by atoms with Crippen LogP contribution in [-0.4, -0.2) is 41.7 Å². The average molecular weight is 539 g/mol. The van der Waals surface area contributed by atoms with Crippen molar-refractivity contribution in [3.05, 3.63) is 83.9 Å². The zero-order valence-electron chi connectivity index (χ0n) is 20.4. The highest BCUT2D eigenvalue weighted by Crippen LogP contribution is 2.32. The van der Waals surface area contributed by atoms with E-state index in [0.717, 1.165) is 32.1 Å². The number of aromatic nitrogens is 2. The van der Waals surface area contributed by atoms with Crippen LogP contribution < -0.4 is 4.90 Å². The molecular formula is C27H27FN4O3S2. The van der Waals surface area contributed by atoms with Crippen LogP contribution in [-0.2, 0) is 16.6 Å². The van der Waals surface area contributed by atoms with E-state index in [1.807, 2.05) is 6.07 Å². The molecule has 0 bridgehead atoms. The molecule has 37 heavy (non-hydrogen) atoms. The van der Waals surface area contributed by atoms with Gasteiger partial charge in [0.15, 0.2) is 5.13 Å². The quantitative estimate of drug-likeness (QED) is 0.305. The van der Waals surface area contributed by atoms with Gasteiger partial charge in [-0.05, 0) is 61.4 Å². The summed E-state index contributed by atoms with van der Waals surface area (Å²) in [5.74, 6) is -0.836. The molecule has 192 valence electrons. The van der Waals surface area contributed by atoms with Crippen molar-refractivity contribution in [2.24, 2.45) is 0 Å². The molecule has 2 heterocycles. The van der Waals surface area contributed by atoms with Crippen LogP contribution in [0, 0.1) is 5.82 Å². The predicted molar refractivity (Wildman–Crippen MR) is 143 cm³/mol. The zero-order valence-corrected chi connectivity index (χ0v) is 22.0. The normalized spacial score (nSPS) is 14.8. The van der Waals surface area contributed by atoms with Crippen LogP contribution in [0.1, 0.15) is 48.2 Å². The second kappa shape index (κ2) is 10.6. The molecule has 1 aliphatic carbocycles. The van der Waals surface area contributed by atoms with Gasteiger partial charge in [-0.2, -0.15) is 4.31 Å². The summed E-state index contributed by atoms with van der Waals surface area (Å²) in [6.07, 6.45) is 6.55. The van der Waals surface area contributed by atoms with E-state index in [1.165, 1.54) is 50.9 Å². The number of carbonyl (C=O) groups excluding carboxylic acids is 1. The van der Waals surface area contributed by atoms with Gasteiger partial charge in [-0.25, -0.2) is 17.8 Å². The second-order valence-corrected chi connectivity index (χ2v) is 12.1. The summed E-state index contributed by atoms with van der Waals surface area (Å²) in [6, 6.07) is 16.1. The minimum atomic E-state index is -3.68. The molecule has 1 saturated carbocycles. The summed E-state index contributed by atoms with van der Waals surface area (Å²) in [5, 5.41) is 0.337. The number of thiazole rings is 1. The van der Waals surface area contributed by atoms with Gasteiger partial charge < -0.3 is 0 Å². The Labute approximate surface area is 219 Å². The summed E-state index contributed by atoms with van der Waals surface area (Å²) < 4.78 is 42.9. The minimum Gasteiger partial charge on any atom is -0.278 e. The standard InChI is InChI=1S/C27H27FN4O3S2/c1-31(21-9-3-2-4-10-21)37(34,35)22-15-13-19(14-16-22)26(33)32(18-20-8-5-6-17-29-20)27-30-25-23(28)11-7-12-24(25)36-27/h5-8,11-17,21H,2-4,9-10,18H2,1H3. The Hall–Kier alpha value is -3.21. The molecule has 0 N–H and O–H groups in total. The van der Waals surface area contributed by atoms with Crippen molar-refractivity contribution in [2.75, 3.05) is 11.9 Å². The highest BCUT2D eigenvalue weighted by atomic mass is 32.2. The molecule has 0 atom stereocenters. The van der Waals surface area contributed by atoms with Crippen molar-refractivity contribution in [1.29, 1.82) is 0 Å². The van der Waals surface area contributed by atoms with Crippen LogP contribution in [0.5, 0.6) is 0 Å². The lowest BCUT2D eigenvalue weighted by Crippen LogP contribution is -2.38. The predicted octanol–water partition coefficient (Wildman–Crippen LogP) is 5.63. The number of pyridine rings is 1. The molecule has 1 amide bonds. The molecule has 5 rings (SSSR count). The lowest BCUT2D eigenvalue weighted by molar-refractivity contribution is 0.0984. The van der Waals surface area contributed by atoms with Gasteiger partial charge in [0.1, 0.15) is 11.3 Å². The molecule has 0 saturated heterocycles. The van der Waals surface area contributed by atoms with E-state index in [2.05, 4.69) is 9.97 Å². The highest BCUT2D eigenvalue weighted by molar-refractivity contribution is 7.89. The van der Waals surface area contributed by atoms with Crippen molar-refractivity contribution in [3.8, 4) is 0 Å². The maximum absolute atomic E-state index is 14.3. The maximum Gasteiger partial charge on any atom is 0.260 e. The number of anilines is 1. The number of rotatable bonds is 7. The molecule has 0 aliphatic heterocycles. The minimum absolute atomic E-state index is 0.00615. The Morgan fingerprint density at radius 2 is 1.78 bits per heavy atom. The summed E-state index contributed by atoms with van der Waals surface area (Å²) >= 11 is 1.21. The van der Waals surface area contributed by atoms with Crippen molar-refractivity contribution in [1.82, 2.24) is 14.3 Å². The molecule has 7 nitrogen and oxygen atoms in total. The van der Waals surface area contributed by atoms with E-state index >= 15 is 0 Å². The van der Waals surface area contributed by atoms with Crippen molar-refractivity contribution in [3.63, 3.8) is 0 Å². The first-order valence-corrected chi connectivity index (χ1v) is 14.4. The van der Waals surface area contributed by atoms with Crippen LogP contribution in [0.4, 0.5) is 9.52 Å². The number of benzene rings is 2. The van der Waals surface area contributed by atoms with Crippen molar-refractivity contribution in [2.45, 2.75) is 49.6 Å². The Balaban J connectivity index is 1.45. The summed E-state index contributed by atoms with van der Waals surface area (Å²) in [7, 11) is -2.05. The van der Waals surface area contributed by atoms with Crippen LogP contribution in [0.25, 0.3) is 10.2 Å². The molecule has 2 aromatic carbocycles. The molecule has 0 unspecified atom stereocenters. The molecule has 0 spiro atoms. The average Bonchev–Trinajstić information content (AvgIpc) is 3.37. The van der Waals surface area contributed by atoms with Crippen LogP contribution in [0.15, 0.2) is 71.8 Å². The van der Waals surface area contributed by atoms with E-state index in [9.17, 15) is 17.6 Å². The van der Waals surface area contributed by atoms with Crippen LogP contribution in [0.3, 0.4) is 0 Å². The van der Waals surface area contributed by atoms with Crippen LogP contribution in [0.2, 0.25) is 0 Å². The van der Waals surface area contributed by atoms with Gasteiger partial charge in [0.2, 0.25) is 10.0 Å². The van der Waals surface area contributed by atoms with Gasteiger partial charge >= 0.3 is 0 Å². The first-order chi connectivity index (χ1) is 17.8. The smallest absolute Gasteiger partial charge is 0.260 e. The van der Waals surface area contributed by atoms with Gasteiger partial charge in [0.25, 0.3) is 5.91 Å².